The molecule has 1 saturated heterocycles. The van der Waals surface area contributed by atoms with E-state index in [1.807, 2.05) is 19.9 Å². The molecule has 1 aliphatic heterocycles. The molecule has 0 aromatic heterocycles. The van der Waals surface area contributed by atoms with Gasteiger partial charge in [0.2, 0.25) is 0 Å². The minimum atomic E-state index is -0.727. The van der Waals surface area contributed by atoms with E-state index in [4.69, 9.17) is 4.74 Å². The minimum absolute atomic E-state index is 0.248. The predicted octanol–water partition coefficient (Wildman–Crippen LogP) is 2.25. The van der Waals surface area contributed by atoms with Gasteiger partial charge < -0.3 is 14.9 Å². The highest BCUT2D eigenvalue weighted by molar-refractivity contribution is 5.28. The maximum Gasteiger partial charge on any atom is 0.115 e. The van der Waals surface area contributed by atoms with E-state index in [1.165, 1.54) is 0 Å². The SMILES string of the molecule is CC1(C)CC(O)(Cc2cccc(O)c2)CCO1. The van der Waals surface area contributed by atoms with Crippen molar-refractivity contribution in [2.45, 2.75) is 44.3 Å². The van der Waals surface area contributed by atoms with Crippen molar-refractivity contribution in [2.24, 2.45) is 0 Å². The zero-order chi connectivity index (χ0) is 12.5. The van der Waals surface area contributed by atoms with Crippen molar-refractivity contribution >= 4 is 0 Å². The van der Waals surface area contributed by atoms with Crippen molar-refractivity contribution < 1.29 is 14.9 Å². The number of hydrogen-bond acceptors (Lipinski definition) is 3. The molecule has 2 rings (SSSR count). The number of aliphatic hydroxyl groups is 1. The van der Waals surface area contributed by atoms with E-state index in [-0.39, 0.29) is 11.4 Å². The lowest BCUT2D eigenvalue weighted by Crippen LogP contribution is -2.47. The van der Waals surface area contributed by atoms with Crippen LogP contribution in [0.15, 0.2) is 24.3 Å². The minimum Gasteiger partial charge on any atom is -0.508 e. The molecule has 0 bridgehead atoms. The van der Waals surface area contributed by atoms with Crippen LogP contribution < -0.4 is 0 Å². The molecule has 3 nitrogen and oxygen atoms in total. The topological polar surface area (TPSA) is 49.7 Å². The molecule has 0 spiro atoms. The van der Waals surface area contributed by atoms with E-state index in [0.29, 0.717) is 25.9 Å². The van der Waals surface area contributed by atoms with Crippen LogP contribution in [0.25, 0.3) is 0 Å². The Balaban J connectivity index is 2.12. The quantitative estimate of drug-likeness (QED) is 0.828. The molecule has 94 valence electrons. The van der Waals surface area contributed by atoms with Gasteiger partial charge in [-0.3, -0.25) is 0 Å². The van der Waals surface area contributed by atoms with Gasteiger partial charge in [0.05, 0.1) is 17.8 Å². The molecule has 1 aromatic rings. The molecular formula is C14H20O3. The number of benzene rings is 1. The Kier molecular flexibility index (Phi) is 3.15. The molecule has 0 saturated carbocycles. The number of rotatable bonds is 2. The molecular weight excluding hydrogens is 216 g/mol. The van der Waals surface area contributed by atoms with Gasteiger partial charge in [0.25, 0.3) is 0 Å². The lowest BCUT2D eigenvalue weighted by Gasteiger charge is -2.41. The van der Waals surface area contributed by atoms with Gasteiger partial charge in [0.1, 0.15) is 5.75 Å². The second-order valence-electron chi connectivity index (χ2n) is 5.61. The van der Waals surface area contributed by atoms with Gasteiger partial charge >= 0.3 is 0 Å². The van der Waals surface area contributed by atoms with E-state index >= 15 is 0 Å². The Morgan fingerprint density at radius 1 is 1.35 bits per heavy atom. The standard InChI is InChI=1S/C14H20O3/c1-13(2)10-14(16,6-7-17-13)9-11-4-3-5-12(15)8-11/h3-5,8,15-16H,6-7,9-10H2,1-2H3. The Hall–Kier alpha value is -1.06. The van der Waals surface area contributed by atoms with Crippen LogP contribution in [0.3, 0.4) is 0 Å². The maximum absolute atomic E-state index is 10.6. The van der Waals surface area contributed by atoms with Crippen molar-refractivity contribution in [3.05, 3.63) is 29.8 Å². The third kappa shape index (κ3) is 3.20. The van der Waals surface area contributed by atoms with Crippen LogP contribution in [0.4, 0.5) is 0 Å². The van der Waals surface area contributed by atoms with E-state index in [1.54, 1.807) is 18.2 Å². The Labute approximate surface area is 102 Å². The van der Waals surface area contributed by atoms with Crippen LogP contribution in [0.5, 0.6) is 5.75 Å². The molecule has 2 N–H and O–H groups in total. The summed E-state index contributed by atoms with van der Waals surface area (Å²) in [6.07, 6.45) is 1.83. The molecule has 1 heterocycles. The first-order valence-corrected chi connectivity index (χ1v) is 6.03. The molecule has 3 heteroatoms. The van der Waals surface area contributed by atoms with Crippen molar-refractivity contribution in [3.8, 4) is 5.75 Å². The van der Waals surface area contributed by atoms with Crippen molar-refractivity contribution in [1.82, 2.24) is 0 Å². The lowest BCUT2D eigenvalue weighted by atomic mass is 9.80. The summed E-state index contributed by atoms with van der Waals surface area (Å²) in [5, 5.41) is 20.0. The van der Waals surface area contributed by atoms with Crippen LogP contribution >= 0.6 is 0 Å². The molecule has 1 aliphatic rings. The Morgan fingerprint density at radius 3 is 2.76 bits per heavy atom. The highest BCUT2D eigenvalue weighted by Crippen LogP contribution is 2.34. The molecule has 0 amide bonds. The fourth-order valence-corrected chi connectivity index (χ4v) is 2.65. The second-order valence-corrected chi connectivity index (χ2v) is 5.61. The highest BCUT2D eigenvalue weighted by atomic mass is 16.5. The fraction of sp³-hybridized carbons (Fsp3) is 0.571. The van der Waals surface area contributed by atoms with Crippen molar-refractivity contribution in [1.29, 1.82) is 0 Å². The van der Waals surface area contributed by atoms with E-state index in [2.05, 4.69) is 0 Å². The Bertz CT molecular complexity index is 400. The summed E-state index contributed by atoms with van der Waals surface area (Å²) >= 11 is 0. The van der Waals surface area contributed by atoms with Crippen LogP contribution in [-0.4, -0.2) is 28.0 Å². The van der Waals surface area contributed by atoms with Gasteiger partial charge in [-0.15, -0.1) is 0 Å². The van der Waals surface area contributed by atoms with Crippen LogP contribution in [-0.2, 0) is 11.2 Å². The summed E-state index contributed by atoms with van der Waals surface area (Å²) < 4.78 is 5.61. The van der Waals surface area contributed by atoms with Crippen LogP contribution in [0.2, 0.25) is 0 Å². The van der Waals surface area contributed by atoms with Gasteiger partial charge in [-0.1, -0.05) is 12.1 Å². The van der Waals surface area contributed by atoms with Crippen LogP contribution in [0, 0.1) is 0 Å². The smallest absolute Gasteiger partial charge is 0.115 e. The number of ether oxygens (including phenoxy) is 1. The summed E-state index contributed by atoms with van der Waals surface area (Å²) in [4.78, 5) is 0. The molecule has 1 atom stereocenters. The van der Waals surface area contributed by atoms with Gasteiger partial charge in [-0.05, 0) is 38.0 Å². The zero-order valence-corrected chi connectivity index (χ0v) is 10.4. The van der Waals surface area contributed by atoms with Gasteiger partial charge in [0.15, 0.2) is 0 Å². The summed E-state index contributed by atoms with van der Waals surface area (Å²) in [5.74, 6) is 0.248. The normalized spacial score (nSPS) is 27.9. The number of phenolic OH excluding ortho intramolecular Hbond substituents is 1. The van der Waals surface area contributed by atoms with E-state index < -0.39 is 5.60 Å². The average molecular weight is 236 g/mol. The van der Waals surface area contributed by atoms with Crippen LogP contribution in [0.1, 0.15) is 32.3 Å². The van der Waals surface area contributed by atoms with Gasteiger partial charge in [-0.2, -0.15) is 0 Å². The van der Waals surface area contributed by atoms with Crippen molar-refractivity contribution in [2.75, 3.05) is 6.61 Å². The first-order chi connectivity index (χ1) is 7.89. The van der Waals surface area contributed by atoms with Gasteiger partial charge in [0, 0.05) is 12.8 Å². The summed E-state index contributed by atoms with van der Waals surface area (Å²) in [6.45, 7) is 4.58. The number of aromatic hydroxyl groups is 1. The largest absolute Gasteiger partial charge is 0.508 e. The van der Waals surface area contributed by atoms with Crippen molar-refractivity contribution in [3.63, 3.8) is 0 Å². The Morgan fingerprint density at radius 2 is 2.12 bits per heavy atom. The first-order valence-electron chi connectivity index (χ1n) is 6.03. The lowest BCUT2D eigenvalue weighted by molar-refractivity contribution is -0.143. The fourth-order valence-electron chi connectivity index (χ4n) is 2.65. The van der Waals surface area contributed by atoms with Gasteiger partial charge in [-0.25, -0.2) is 0 Å². The molecule has 1 unspecified atom stereocenters. The molecule has 1 fully saturated rings. The summed E-state index contributed by atoms with van der Waals surface area (Å²) in [7, 11) is 0. The zero-order valence-electron chi connectivity index (χ0n) is 10.4. The third-order valence-corrected chi connectivity index (χ3v) is 3.26. The highest BCUT2D eigenvalue weighted by Gasteiger charge is 2.39. The summed E-state index contributed by atoms with van der Waals surface area (Å²) in [6, 6.07) is 7.08. The third-order valence-electron chi connectivity index (χ3n) is 3.26. The molecule has 0 radical (unpaired) electrons. The van der Waals surface area contributed by atoms with E-state index in [9.17, 15) is 10.2 Å². The molecule has 17 heavy (non-hydrogen) atoms. The average Bonchev–Trinajstić information content (AvgIpc) is 2.14. The molecule has 1 aromatic carbocycles. The summed E-state index contributed by atoms with van der Waals surface area (Å²) in [5.41, 5.74) is -0.0375. The number of hydrogen-bond donors (Lipinski definition) is 2. The second kappa shape index (κ2) is 4.31. The maximum atomic E-state index is 10.6. The molecule has 0 aliphatic carbocycles. The monoisotopic (exact) mass is 236 g/mol. The van der Waals surface area contributed by atoms with E-state index in [0.717, 1.165) is 5.56 Å². The number of phenols is 1. The predicted molar refractivity (Wildman–Crippen MR) is 66.0 cm³/mol. The first kappa shape index (κ1) is 12.4.